The predicted molar refractivity (Wildman–Crippen MR) is 83.5 cm³/mol. The van der Waals surface area contributed by atoms with Crippen molar-refractivity contribution < 1.29 is 0 Å². The van der Waals surface area contributed by atoms with Crippen molar-refractivity contribution in [2.45, 2.75) is 84.3 Å². The Morgan fingerprint density at radius 1 is 1.26 bits per heavy atom. The molecule has 1 N–H and O–H groups in total. The minimum absolute atomic E-state index is 0.381. The van der Waals surface area contributed by atoms with E-state index in [9.17, 15) is 0 Å². The first kappa shape index (κ1) is 15.3. The molecule has 112 valence electrons. The van der Waals surface area contributed by atoms with Gasteiger partial charge in [-0.3, -0.25) is 4.90 Å². The number of hydrogen-bond acceptors (Lipinski definition) is 2. The largest absolute Gasteiger partial charge is 0.308 e. The number of nitrogens with one attached hydrogen (secondary N) is 1. The molecule has 1 aliphatic heterocycles. The molecule has 0 aromatic rings. The van der Waals surface area contributed by atoms with Crippen molar-refractivity contribution in [2.24, 2.45) is 11.8 Å². The number of nitrogens with zero attached hydrogens (tertiary/aromatic N) is 1. The van der Waals surface area contributed by atoms with Crippen LogP contribution in [-0.4, -0.2) is 35.6 Å². The van der Waals surface area contributed by atoms with E-state index >= 15 is 0 Å². The highest BCUT2D eigenvalue weighted by Gasteiger charge is 2.47. The summed E-state index contributed by atoms with van der Waals surface area (Å²) >= 11 is 0. The molecular formula is C17H34N2. The van der Waals surface area contributed by atoms with Crippen LogP contribution in [0.3, 0.4) is 0 Å². The molecule has 2 aliphatic rings. The van der Waals surface area contributed by atoms with Gasteiger partial charge in [-0.1, -0.05) is 34.1 Å². The van der Waals surface area contributed by atoms with Crippen molar-refractivity contribution in [3.05, 3.63) is 0 Å². The van der Waals surface area contributed by atoms with Gasteiger partial charge in [0.25, 0.3) is 0 Å². The molecule has 2 nitrogen and oxygen atoms in total. The molecule has 1 aliphatic carbocycles. The fourth-order valence-corrected chi connectivity index (χ4v) is 3.96. The van der Waals surface area contributed by atoms with E-state index in [0.717, 1.165) is 23.9 Å². The monoisotopic (exact) mass is 266 g/mol. The molecule has 3 unspecified atom stereocenters. The van der Waals surface area contributed by atoms with Crippen molar-refractivity contribution in [1.29, 1.82) is 0 Å². The van der Waals surface area contributed by atoms with Crippen LogP contribution in [0, 0.1) is 11.8 Å². The normalized spacial score (nSPS) is 34.7. The van der Waals surface area contributed by atoms with E-state index in [4.69, 9.17) is 0 Å². The van der Waals surface area contributed by atoms with Crippen LogP contribution in [0.4, 0.5) is 0 Å². The van der Waals surface area contributed by atoms with Gasteiger partial charge < -0.3 is 5.32 Å². The van der Waals surface area contributed by atoms with Gasteiger partial charge in [0.05, 0.1) is 0 Å². The lowest BCUT2D eigenvalue weighted by atomic mass is 9.86. The van der Waals surface area contributed by atoms with Crippen molar-refractivity contribution in [3.63, 3.8) is 0 Å². The minimum atomic E-state index is 0.381. The third kappa shape index (κ3) is 3.33. The zero-order chi connectivity index (χ0) is 14.0. The number of hydrogen-bond donors (Lipinski definition) is 1. The van der Waals surface area contributed by atoms with Crippen LogP contribution in [0.5, 0.6) is 0 Å². The van der Waals surface area contributed by atoms with Crippen molar-refractivity contribution in [2.75, 3.05) is 13.1 Å². The maximum atomic E-state index is 3.90. The van der Waals surface area contributed by atoms with Crippen LogP contribution in [0.1, 0.15) is 66.7 Å². The second-order valence-corrected chi connectivity index (χ2v) is 7.41. The molecule has 0 amide bonds. The van der Waals surface area contributed by atoms with E-state index in [1.54, 1.807) is 0 Å². The highest BCUT2D eigenvalue weighted by molar-refractivity contribution is 5.05. The average molecular weight is 266 g/mol. The van der Waals surface area contributed by atoms with Crippen LogP contribution in [0.25, 0.3) is 0 Å². The summed E-state index contributed by atoms with van der Waals surface area (Å²) < 4.78 is 0. The summed E-state index contributed by atoms with van der Waals surface area (Å²) in [4.78, 5) is 2.86. The zero-order valence-electron chi connectivity index (χ0n) is 13.7. The van der Waals surface area contributed by atoms with E-state index in [1.165, 1.54) is 45.2 Å². The standard InChI is InChI=1S/C17H34N2/c1-6-8-15(7-2)19-12-17(5,14-9-10-14)18-11-16(19)13(3)4/h13-16,18H,6-12H2,1-5H3. The summed E-state index contributed by atoms with van der Waals surface area (Å²) in [5.41, 5.74) is 0.381. The maximum Gasteiger partial charge on any atom is 0.0309 e. The summed E-state index contributed by atoms with van der Waals surface area (Å²) in [6, 6.07) is 1.51. The van der Waals surface area contributed by atoms with Gasteiger partial charge in [0, 0.05) is 30.7 Å². The molecule has 0 spiro atoms. The van der Waals surface area contributed by atoms with Gasteiger partial charge in [0.2, 0.25) is 0 Å². The Hall–Kier alpha value is -0.0800. The summed E-state index contributed by atoms with van der Waals surface area (Å²) in [7, 11) is 0. The molecule has 2 rings (SSSR count). The SMILES string of the molecule is CCCC(CC)N1CC(C)(C2CC2)NCC1C(C)C. The van der Waals surface area contributed by atoms with Crippen LogP contribution in [-0.2, 0) is 0 Å². The average Bonchev–Trinajstić information content (AvgIpc) is 3.20. The fourth-order valence-electron chi connectivity index (χ4n) is 3.96. The maximum absolute atomic E-state index is 3.90. The second-order valence-electron chi connectivity index (χ2n) is 7.41. The molecule has 2 heteroatoms. The fraction of sp³-hybridized carbons (Fsp3) is 1.00. The Labute approximate surface area is 120 Å². The Balaban J connectivity index is 2.11. The first-order valence-electron chi connectivity index (χ1n) is 8.52. The quantitative estimate of drug-likeness (QED) is 0.789. The molecular weight excluding hydrogens is 232 g/mol. The lowest BCUT2D eigenvalue weighted by molar-refractivity contribution is 0.0137. The van der Waals surface area contributed by atoms with Gasteiger partial charge in [-0.2, -0.15) is 0 Å². The molecule has 1 saturated carbocycles. The first-order valence-corrected chi connectivity index (χ1v) is 8.52. The van der Waals surface area contributed by atoms with Gasteiger partial charge in [0.15, 0.2) is 0 Å². The van der Waals surface area contributed by atoms with Gasteiger partial charge in [-0.15, -0.1) is 0 Å². The molecule has 1 saturated heterocycles. The molecule has 0 bridgehead atoms. The molecule has 19 heavy (non-hydrogen) atoms. The highest BCUT2D eigenvalue weighted by Crippen LogP contribution is 2.42. The molecule has 3 atom stereocenters. The Morgan fingerprint density at radius 2 is 1.95 bits per heavy atom. The molecule has 1 heterocycles. The summed E-state index contributed by atoms with van der Waals surface area (Å²) in [5.74, 6) is 1.68. The van der Waals surface area contributed by atoms with Gasteiger partial charge >= 0.3 is 0 Å². The summed E-state index contributed by atoms with van der Waals surface area (Å²) in [5, 5.41) is 3.90. The minimum Gasteiger partial charge on any atom is -0.308 e. The van der Waals surface area contributed by atoms with Crippen molar-refractivity contribution in [1.82, 2.24) is 10.2 Å². The molecule has 0 aromatic heterocycles. The summed E-state index contributed by atoms with van der Waals surface area (Å²) in [6.45, 7) is 14.4. The van der Waals surface area contributed by atoms with Crippen molar-refractivity contribution >= 4 is 0 Å². The molecule has 2 fully saturated rings. The van der Waals surface area contributed by atoms with Crippen LogP contribution in [0.15, 0.2) is 0 Å². The van der Waals surface area contributed by atoms with Crippen molar-refractivity contribution in [3.8, 4) is 0 Å². The van der Waals surface area contributed by atoms with Crippen LogP contribution in [0.2, 0.25) is 0 Å². The Morgan fingerprint density at radius 3 is 2.42 bits per heavy atom. The number of rotatable bonds is 6. The lowest BCUT2D eigenvalue weighted by Crippen LogP contribution is -2.67. The topological polar surface area (TPSA) is 15.3 Å². The van der Waals surface area contributed by atoms with Crippen LogP contribution >= 0.6 is 0 Å². The van der Waals surface area contributed by atoms with Gasteiger partial charge in [0.1, 0.15) is 0 Å². The smallest absolute Gasteiger partial charge is 0.0309 e. The zero-order valence-corrected chi connectivity index (χ0v) is 13.7. The second kappa shape index (κ2) is 6.13. The molecule has 0 radical (unpaired) electrons. The van der Waals surface area contributed by atoms with E-state index in [2.05, 4.69) is 44.8 Å². The van der Waals surface area contributed by atoms with E-state index in [-0.39, 0.29) is 0 Å². The van der Waals surface area contributed by atoms with Crippen LogP contribution < -0.4 is 5.32 Å². The Kier molecular flexibility index (Phi) is 4.94. The van der Waals surface area contributed by atoms with E-state index < -0.39 is 0 Å². The predicted octanol–water partition coefficient (Wildman–Crippen LogP) is 3.66. The van der Waals surface area contributed by atoms with Gasteiger partial charge in [-0.05, 0) is 44.4 Å². The Bertz CT molecular complexity index is 285. The first-order chi connectivity index (χ1) is 9.01. The third-order valence-electron chi connectivity index (χ3n) is 5.46. The van der Waals surface area contributed by atoms with E-state index in [1.807, 2.05) is 0 Å². The summed E-state index contributed by atoms with van der Waals surface area (Å²) in [6.07, 6.45) is 6.86. The van der Waals surface area contributed by atoms with Gasteiger partial charge in [-0.25, -0.2) is 0 Å². The highest BCUT2D eigenvalue weighted by atomic mass is 15.3. The third-order valence-corrected chi connectivity index (χ3v) is 5.46. The van der Waals surface area contributed by atoms with E-state index in [0.29, 0.717) is 5.54 Å². The molecule has 0 aromatic carbocycles. The number of piperazine rings is 1. The lowest BCUT2D eigenvalue weighted by Gasteiger charge is -2.51.